The molecule has 0 spiro atoms. The van der Waals surface area contributed by atoms with E-state index in [9.17, 15) is 18.5 Å². The molecule has 0 bridgehead atoms. The van der Waals surface area contributed by atoms with Crippen LogP contribution in [0.25, 0.3) is 6.08 Å². The monoisotopic (exact) mass is 530 g/mol. The zero-order valence-corrected chi connectivity index (χ0v) is 21.2. The van der Waals surface area contributed by atoms with Gasteiger partial charge in [0.2, 0.25) is 19.3 Å². The molecule has 0 aliphatic carbocycles. The molecule has 0 saturated heterocycles. The molecule has 0 radical (unpaired) electrons. The first-order valence-electron chi connectivity index (χ1n) is 10.3. The van der Waals surface area contributed by atoms with Crippen molar-refractivity contribution in [1.29, 1.82) is 5.26 Å². The molecule has 36 heavy (non-hydrogen) atoms. The number of hydrogen-bond donors (Lipinski definition) is 1. The molecule has 1 heterocycles. The van der Waals surface area contributed by atoms with Crippen LogP contribution < -0.4 is 24.3 Å². The van der Waals surface area contributed by atoms with Crippen LogP contribution in [0.5, 0.6) is 23.0 Å². The van der Waals surface area contributed by atoms with Crippen molar-refractivity contribution >= 4 is 38.3 Å². The molecule has 13 heteroatoms. The molecule has 0 atom stereocenters. The summed E-state index contributed by atoms with van der Waals surface area (Å²) < 4.78 is 44.6. The van der Waals surface area contributed by atoms with Crippen LogP contribution in [0.4, 0.5) is 5.13 Å². The van der Waals surface area contributed by atoms with Gasteiger partial charge in [-0.15, -0.1) is 10.2 Å². The van der Waals surface area contributed by atoms with Crippen LogP contribution in [0, 0.1) is 11.3 Å². The van der Waals surface area contributed by atoms with Gasteiger partial charge in [-0.2, -0.15) is 5.26 Å². The van der Waals surface area contributed by atoms with E-state index >= 15 is 0 Å². The van der Waals surface area contributed by atoms with Crippen molar-refractivity contribution in [1.82, 2.24) is 10.2 Å². The van der Waals surface area contributed by atoms with Gasteiger partial charge in [0.1, 0.15) is 36.4 Å². The topological polar surface area (TPSA) is 150 Å². The summed E-state index contributed by atoms with van der Waals surface area (Å²) in [5, 5.41) is 18.9. The lowest BCUT2D eigenvalue weighted by Gasteiger charge is -2.12. The number of carbonyl (C=O) groups excluding carboxylic acids is 1. The Morgan fingerprint density at radius 1 is 1.03 bits per heavy atom. The van der Waals surface area contributed by atoms with Crippen LogP contribution in [0.2, 0.25) is 0 Å². The molecule has 11 nitrogen and oxygen atoms in total. The Morgan fingerprint density at radius 3 is 2.33 bits per heavy atom. The van der Waals surface area contributed by atoms with Gasteiger partial charge in [-0.05, 0) is 48.0 Å². The fourth-order valence-corrected chi connectivity index (χ4v) is 4.27. The van der Waals surface area contributed by atoms with Crippen LogP contribution in [-0.4, -0.2) is 58.2 Å². The fraction of sp³-hybridized carbons (Fsp3) is 0.217. The minimum absolute atomic E-state index is 0.0419. The number of nitrogens with one attached hydrogen (secondary N) is 1. The highest BCUT2D eigenvalue weighted by Gasteiger charge is 2.17. The van der Waals surface area contributed by atoms with Crippen molar-refractivity contribution in [3.63, 3.8) is 0 Å². The molecule has 3 rings (SSSR count). The zero-order valence-electron chi connectivity index (χ0n) is 19.5. The predicted octanol–water partition coefficient (Wildman–Crippen LogP) is 2.96. The lowest BCUT2D eigenvalue weighted by molar-refractivity contribution is -0.112. The first kappa shape index (κ1) is 26.5. The third-order valence-electron chi connectivity index (χ3n) is 4.48. The Kier molecular flexibility index (Phi) is 8.82. The number of sulfone groups is 1. The molecule has 188 valence electrons. The van der Waals surface area contributed by atoms with Gasteiger partial charge in [0.15, 0.2) is 11.5 Å². The maximum atomic E-state index is 12.5. The third-order valence-corrected chi connectivity index (χ3v) is 6.98. The first-order valence-corrected chi connectivity index (χ1v) is 13.0. The largest absolute Gasteiger partial charge is 0.497 e. The maximum absolute atomic E-state index is 12.5. The van der Waals surface area contributed by atoms with Gasteiger partial charge < -0.3 is 18.9 Å². The Morgan fingerprint density at radius 2 is 1.72 bits per heavy atom. The smallest absolute Gasteiger partial charge is 0.268 e. The maximum Gasteiger partial charge on any atom is 0.268 e. The summed E-state index contributed by atoms with van der Waals surface area (Å²) in [4.78, 5) is 12.5. The number of carbonyl (C=O) groups is 1. The van der Waals surface area contributed by atoms with E-state index in [1.54, 1.807) is 49.6 Å². The number of aromatic nitrogens is 2. The number of nitriles is 1. The second-order valence-corrected chi connectivity index (χ2v) is 10.2. The van der Waals surface area contributed by atoms with Crippen LogP contribution in [-0.2, 0) is 14.6 Å². The minimum Gasteiger partial charge on any atom is -0.497 e. The predicted molar refractivity (Wildman–Crippen MR) is 132 cm³/mol. The van der Waals surface area contributed by atoms with E-state index in [4.69, 9.17) is 18.9 Å². The highest BCUT2D eigenvalue weighted by atomic mass is 32.2. The Bertz CT molecular complexity index is 1390. The van der Waals surface area contributed by atoms with Crippen molar-refractivity contribution in [2.24, 2.45) is 0 Å². The van der Waals surface area contributed by atoms with E-state index in [-0.39, 0.29) is 21.7 Å². The zero-order chi connectivity index (χ0) is 26.1. The molecule has 0 fully saturated rings. The third kappa shape index (κ3) is 7.17. The Labute approximate surface area is 211 Å². The van der Waals surface area contributed by atoms with E-state index in [1.165, 1.54) is 13.2 Å². The standard InChI is InChI=1S/C23H22N4O7S2/c1-31-17-5-7-18(8-6-17)33-10-11-34-19-9-4-15(13-20(19)32-2)12-16(14-24)21(28)25-22-26-27-23(35-22)36(3,29)30/h4-9,12-13H,10-11H2,1-3H3,(H,25,26,28)/b16-12-. The molecular weight excluding hydrogens is 508 g/mol. The quantitative estimate of drug-likeness (QED) is 0.170. The molecule has 1 aromatic heterocycles. The molecule has 0 aliphatic rings. The van der Waals surface area contributed by atoms with Crippen molar-refractivity contribution in [2.45, 2.75) is 4.34 Å². The number of amides is 1. The van der Waals surface area contributed by atoms with Crippen LogP contribution in [0.1, 0.15) is 5.56 Å². The highest BCUT2D eigenvalue weighted by molar-refractivity contribution is 7.92. The van der Waals surface area contributed by atoms with E-state index in [0.717, 1.165) is 12.0 Å². The molecule has 0 saturated carbocycles. The number of ether oxygens (including phenoxy) is 4. The molecule has 0 aliphatic heterocycles. The summed E-state index contributed by atoms with van der Waals surface area (Å²) >= 11 is 0.689. The highest BCUT2D eigenvalue weighted by Crippen LogP contribution is 2.29. The van der Waals surface area contributed by atoms with E-state index < -0.39 is 15.7 Å². The second-order valence-electron chi connectivity index (χ2n) is 7.05. The average Bonchev–Trinajstić information content (AvgIpc) is 3.35. The molecule has 3 aromatic rings. The van der Waals surface area contributed by atoms with Crippen molar-refractivity contribution < 1.29 is 32.2 Å². The van der Waals surface area contributed by atoms with Crippen LogP contribution in [0.15, 0.2) is 52.4 Å². The van der Waals surface area contributed by atoms with Gasteiger partial charge in [-0.25, -0.2) is 8.42 Å². The molecule has 1 N–H and O–H groups in total. The van der Waals surface area contributed by atoms with Gasteiger partial charge in [0.05, 0.1) is 14.2 Å². The normalized spacial score (nSPS) is 11.3. The van der Waals surface area contributed by atoms with Crippen LogP contribution in [0.3, 0.4) is 0 Å². The summed E-state index contributed by atoms with van der Waals surface area (Å²) in [6, 6.07) is 13.9. The number of nitrogens with zero attached hydrogens (tertiary/aromatic N) is 3. The van der Waals surface area contributed by atoms with Gasteiger partial charge in [-0.3, -0.25) is 10.1 Å². The summed E-state index contributed by atoms with van der Waals surface area (Å²) in [6.07, 6.45) is 2.33. The summed E-state index contributed by atoms with van der Waals surface area (Å²) in [6.45, 7) is 0.545. The average molecular weight is 531 g/mol. The van der Waals surface area contributed by atoms with Gasteiger partial charge >= 0.3 is 0 Å². The van der Waals surface area contributed by atoms with Crippen molar-refractivity contribution in [3.05, 3.63) is 53.6 Å². The Hall–Kier alpha value is -4.15. The summed E-state index contributed by atoms with van der Waals surface area (Å²) in [7, 11) is -0.495. The molecule has 0 unspecified atom stereocenters. The summed E-state index contributed by atoms with van der Waals surface area (Å²) in [5.74, 6) is 1.50. The van der Waals surface area contributed by atoms with Crippen molar-refractivity contribution in [2.75, 3.05) is 39.0 Å². The number of benzene rings is 2. The molecule has 1 amide bonds. The van der Waals surface area contributed by atoms with Gasteiger partial charge in [-0.1, -0.05) is 17.4 Å². The van der Waals surface area contributed by atoms with Crippen molar-refractivity contribution in [3.8, 4) is 29.1 Å². The number of rotatable bonds is 11. The number of anilines is 1. The SMILES string of the molecule is COc1ccc(OCCOc2ccc(/C=C(/C#N)C(=O)Nc3nnc(S(C)(=O)=O)s3)cc2OC)cc1. The fourth-order valence-electron chi connectivity index (χ4n) is 2.77. The molecular formula is C23H22N4O7S2. The minimum atomic E-state index is -3.55. The molecule has 2 aromatic carbocycles. The van der Waals surface area contributed by atoms with Gasteiger partial charge in [0.25, 0.3) is 5.91 Å². The Balaban J connectivity index is 1.62. The lowest BCUT2D eigenvalue weighted by atomic mass is 10.1. The van der Waals surface area contributed by atoms with E-state index in [0.29, 0.717) is 40.8 Å². The summed E-state index contributed by atoms with van der Waals surface area (Å²) in [5.41, 5.74) is 0.282. The number of methoxy groups -OCH3 is 2. The second kappa shape index (κ2) is 12.0. The van der Waals surface area contributed by atoms with E-state index in [1.807, 2.05) is 6.07 Å². The van der Waals surface area contributed by atoms with E-state index in [2.05, 4.69) is 15.5 Å². The number of hydrogen-bond acceptors (Lipinski definition) is 11. The first-order chi connectivity index (χ1) is 17.2. The van der Waals surface area contributed by atoms with Gasteiger partial charge in [0, 0.05) is 6.26 Å². The lowest BCUT2D eigenvalue weighted by Crippen LogP contribution is -2.13. The van der Waals surface area contributed by atoms with Crippen LogP contribution >= 0.6 is 11.3 Å².